The fourth-order valence-electron chi connectivity index (χ4n) is 2.65. The summed E-state index contributed by atoms with van der Waals surface area (Å²) in [5.41, 5.74) is 7.69. The van der Waals surface area contributed by atoms with Gasteiger partial charge in [0.05, 0.1) is 12.3 Å². The average Bonchev–Trinajstić information content (AvgIpc) is 3.06. The highest BCUT2D eigenvalue weighted by Crippen LogP contribution is 2.33. The molecule has 0 aliphatic carbocycles. The second-order valence-electron chi connectivity index (χ2n) is 5.21. The van der Waals surface area contributed by atoms with Crippen LogP contribution < -0.4 is 20.7 Å². The first-order valence-corrected chi connectivity index (χ1v) is 7.64. The molecule has 0 saturated carbocycles. The lowest BCUT2D eigenvalue weighted by Gasteiger charge is -2.20. The van der Waals surface area contributed by atoms with Crippen molar-refractivity contribution < 1.29 is 4.74 Å². The molecule has 0 radical (unpaired) electrons. The van der Waals surface area contributed by atoms with E-state index in [1.807, 2.05) is 31.2 Å². The molecule has 2 heterocycles. The van der Waals surface area contributed by atoms with E-state index in [1.165, 1.54) is 12.8 Å². The molecule has 6 nitrogen and oxygen atoms in total. The topological polar surface area (TPSA) is 76.3 Å². The van der Waals surface area contributed by atoms with Crippen LogP contribution in [-0.2, 0) is 0 Å². The number of aromatic nitrogens is 2. The number of para-hydroxylation sites is 2. The van der Waals surface area contributed by atoms with Crippen molar-refractivity contribution in [2.75, 3.05) is 35.6 Å². The summed E-state index contributed by atoms with van der Waals surface area (Å²) in [6.45, 7) is 4.56. The van der Waals surface area contributed by atoms with Crippen LogP contribution in [0.25, 0.3) is 0 Å². The van der Waals surface area contributed by atoms with Gasteiger partial charge in [-0.15, -0.1) is 0 Å². The van der Waals surface area contributed by atoms with E-state index < -0.39 is 0 Å². The minimum Gasteiger partial charge on any atom is -0.492 e. The third-order valence-corrected chi connectivity index (χ3v) is 3.71. The first kappa shape index (κ1) is 14.4. The molecule has 0 unspecified atom stereocenters. The van der Waals surface area contributed by atoms with Crippen LogP contribution in [0.5, 0.6) is 5.75 Å². The molecule has 3 N–H and O–H groups in total. The zero-order chi connectivity index (χ0) is 15.4. The number of hydrogen-bond acceptors (Lipinski definition) is 6. The normalized spacial score (nSPS) is 14.1. The predicted molar refractivity (Wildman–Crippen MR) is 88.8 cm³/mol. The first-order valence-electron chi connectivity index (χ1n) is 7.64. The Kier molecular flexibility index (Phi) is 4.27. The van der Waals surface area contributed by atoms with E-state index in [0.717, 1.165) is 30.3 Å². The van der Waals surface area contributed by atoms with Gasteiger partial charge in [0.2, 0.25) is 0 Å². The van der Waals surface area contributed by atoms with Gasteiger partial charge in [-0.1, -0.05) is 12.1 Å². The number of hydrogen-bond donors (Lipinski definition) is 2. The molecular formula is C16H21N5O. The Labute approximate surface area is 130 Å². The summed E-state index contributed by atoms with van der Waals surface area (Å²) < 4.78 is 5.62. The third kappa shape index (κ3) is 2.90. The molecule has 1 aromatic carbocycles. The molecule has 1 aliphatic rings. The Morgan fingerprint density at radius 3 is 2.77 bits per heavy atom. The van der Waals surface area contributed by atoms with Crippen LogP contribution in [0.1, 0.15) is 19.8 Å². The van der Waals surface area contributed by atoms with Crippen molar-refractivity contribution in [1.82, 2.24) is 9.97 Å². The van der Waals surface area contributed by atoms with Gasteiger partial charge in [0, 0.05) is 13.1 Å². The van der Waals surface area contributed by atoms with Crippen molar-refractivity contribution in [3.63, 3.8) is 0 Å². The van der Waals surface area contributed by atoms with Gasteiger partial charge < -0.3 is 20.7 Å². The zero-order valence-corrected chi connectivity index (χ0v) is 12.7. The summed E-state index contributed by atoms with van der Waals surface area (Å²) >= 11 is 0. The van der Waals surface area contributed by atoms with Crippen LogP contribution in [0.2, 0.25) is 0 Å². The Morgan fingerprint density at radius 2 is 2.00 bits per heavy atom. The molecule has 6 heteroatoms. The largest absolute Gasteiger partial charge is 0.492 e. The number of ether oxygens (including phenoxy) is 1. The molecule has 0 bridgehead atoms. The van der Waals surface area contributed by atoms with Gasteiger partial charge in [-0.2, -0.15) is 0 Å². The van der Waals surface area contributed by atoms with Crippen LogP contribution in [0.3, 0.4) is 0 Å². The molecule has 0 amide bonds. The summed E-state index contributed by atoms with van der Waals surface area (Å²) in [7, 11) is 0. The SMILES string of the molecule is CCOc1ccccc1Nc1ncnc(N2CCCC2)c1N. The van der Waals surface area contributed by atoms with Gasteiger partial charge in [0.1, 0.15) is 17.8 Å². The molecule has 0 atom stereocenters. The Bertz CT molecular complexity index is 640. The van der Waals surface area contributed by atoms with E-state index in [4.69, 9.17) is 10.5 Å². The van der Waals surface area contributed by atoms with Crippen molar-refractivity contribution in [3.8, 4) is 5.75 Å². The second-order valence-corrected chi connectivity index (χ2v) is 5.21. The van der Waals surface area contributed by atoms with Gasteiger partial charge in [-0.05, 0) is 31.9 Å². The molecule has 1 saturated heterocycles. The highest BCUT2D eigenvalue weighted by molar-refractivity contribution is 5.79. The monoisotopic (exact) mass is 299 g/mol. The standard InChI is InChI=1S/C16H21N5O/c1-2-22-13-8-4-3-7-12(13)20-15-14(17)16(19-11-18-15)21-9-5-6-10-21/h3-4,7-8,11H,2,5-6,9-10,17H2,1H3,(H,18,19,20). The fraction of sp³-hybridized carbons (Fsp3) is 0.375. The highest BCUT2D eigenvalue weighted by atomic mass is 16.5. The summed E-state index contributed by atoms with van der Waals surface area (Å²) in [6.07, 6.45) is 3.91. The minimum absolute atomic E-state index is 0.579. The van der Waals surface area contributed by atoms with Crippen LogP contribution in [0.15, 0.2) is 30.6 Å². The van der Waals surface area contributed by atoms with Crippen molar-refractivity contribution in [3.05, 3.63) is 30.6 Å². The maximum atomic E-state index is 6.27. The van der Waals surface area contributed by atoms with Gasteiger partial charge in [-0.3, -0.25) is 0 Å². The van der Waals surface area contributed by atoms with E-state index in [2.05, 4.69) is 20.2 Å². The van der Waals surface area contributed by atoms with Gasteiger partial charge in [0.25, 0.3) is 0 Å². The summed E-state index contributed by atoms with van der Waals surface area (Å²) in [6, 6.07) is 7.76. The van der Waals surface area contributed by atoms with Gasteiger partial charge in [-0.25, -0.2) is 9.97 Å². The van der Waals surface area contributed by atoms with Crippen LogP contribution >= 0.6 is 0 Å². The summed E-state index contributed by atoms with van der Waals surface area (Å²) in [5, 5.41) is 3.26. The average molecular weight is 299 g/mol. The van der Waals surface area contributed by atoms with Crippen LogP contribution in [-0.4, -0.2) is 29.7 Å². The quantitative estimate of drug-likeness (QED) is 0.884. The molecule has 22 heavy (non-hydrogen) atoms. The lowest BCUT2D eigenvalue weighted by Crippen LogP contribution is -2.21. The van der Waals surface area contributed by atoms with E-state index in [9.17, 15) is 0 Å². The molecule has 1 aromatic heterocycles. The Balaban J connectivity index is 1.88. The van der Waals surface area contributed by atoms with Crippen LogP contribution in [0.4, 0.5) is 23.0 Å². The minimum atomic E-state index is 0.579. The van der Waals surface area contributed by atoms with Gasteiger partial charge >= 0.3 is 0 Å². The van der Waals surface area contributed by atoms with E-state index in [1.54, 1.807) is 6.33 Å². The van der Waals surface area contributed by atoms with E-state index in [0.29, 0.717) is 18.1 Å². The zero-order valence-electron chi connectivity index (χ0n) is 12.7. The van der Waals surface area contributed by atoms with Crippen molar-refractivity contribution >= 4 is 23.0 Å². The van der Waals surface area contributed by atoms with Crippen molar-refractivity contribution in [2.24, 2.45) is 0 Å². The van der Waals surface area contributed by atoms with Crippen molar-refractivity contribution in [1.29, 1.82) is 0 Å². The first-order chi connectivity index (χ1) is 10.8. The van der Waals surface area contributed by atoms with E-state index in [-0.39, 0.29) is 0 Å². The molecule has 116 valence electrons. The van der Waals surface area contributed by atoms with Gasteiger partial charge in [0.15, 0.2) is 11.6 Å². The number of benzene rings is 1. The lowest BCUT2D eigenvalue weighted by molar-refractivity contribution is 0.342. The smallest absolute Gasteiger partial charge is 0.159 e. The third-order valence-electron chi connectivity index (χ3n) is 3.71. The number of nitrogens with one attached hydrogen (secondary N) is 1. The maximum Gasteiger partial charge on any atom is 0.159 e. The molecular weight excluding hydrogens is 278 g/mol. The second kappa shape index (κ2) is 6.51. The number of anilines is 4. The molecule has 3 rings (SSSR count). The number of nitrogen functional groups attached to an aromatic ring is 1. The van der Waals surface area contributed by atoms with E-state index >= 15 is 0 Å². The molecule has 1 fully saturated rings. The predicted octanol–water partition coefficient (Wildman–Crippen LogP) is 2.80. The Hall–Kier alpha value is -2.50. The molecule has 0 spiro atoms. The maximum absolute atomic E-state index is 6.27. The van der Waals surface area contributed by atoms with Crippen molar-refractivity contribution in [2.45, 2.75) is 19.8 Å². The fourth-order valence-corrected chi connectivity index (χ4v) is 2.65. The summed E-state index contributed by atoms with van der Waals surface area (Å²) in [5.74, 6) is 2.21. The highest BCUT2D eigenvalue weighted by Gasteiger charge is 2.19. The Morgan fingerprint density at radius 1 is 1.23 bits per heavy atom. The number of nitrogens with zero attached hydrogens (tertiary/aromatic N) is 3. The van der Waals surface area contributed by atoms with Crippen LogP contribution in [0, 0.1) is 0 Å². The number of nitrogens with two attached hydrogens (primary N) is 1. The molecule has 2 aromatic rings. The lowest BCUT2D eigenvalue weighted by atomic mass is 10.3. The summed E-state index contributed by atoms with van der Waals surface area (Å²) in [4.78, 5) is 10.8. The number of rotatable bonds is 5. The molecule has 1 aliphatic heterocycles.